The molecule has 0 saturated heterocycles. The first-order valence-corrected chi connectivity index (χ1v) is 4.95. The van der Waals surface area contributed by atoms with E-state index in [1.165, 1.54) is 11.3 Å². The zero-order chi connectivity index (χ0) is 7.90. The average molecular weight is 188 g/mol. The molecule has 0 aliphatic heterocycles. The van der Waals surface area contributed by atoms with E-state index in [0.29, 0.717) is 0 Å². The van der Waals surface area contributed by atoms with E-state index < -0.39 is 0 Å². The SMILES string of the molecule is NC1(c2ccc(Cl)s2)CCC1. The van der Waals surface area contributed by atoms with Crippen LogP contribution in [0.2, 0.25) is 4.34 Å². The summed E-state index contributed by atoms with van der Waals surface area (Å²) in [7, 11) is 0. The van der Waals surface area contributed by atoms with Gasteiger partial charge in [0.25, 0.3) is 0 Å². The van der Waals surface area contributed by atoms with Gasteiger partial charge < -0.3 is 5.73 Å². The van der Waals surface area contributed by atoms with E-state index in [9.17, 15) is 0 Å². The molecule has 0 amide bonds. The maximum atomic E-state index is 6.09. The van der Waals surface area contributed by atoms with Crippen LogP contribution in [0, 0.1) is 0 Å². The van der Waals surface area contributed by atoms with Crippen LogP contribution in [-0.2, 0) is 5.54 Å². The van der Waals surface area contributed by atoms with Crippen LogP contribution in [0.15, 0.2) is 12.1 Å². The van der Waals surface area contributed by atoms with Crippen molar-refractivity contribution in [1.82, 2.24) is 0 Å². The number of rotatable bonds is 1. The number of nitrogens with two attached hydrogens (primary N) is 1. The second kappa shape index (κ2) is 2.47. The van der Waals surface area contributed by atoms with E-state index in [-0.39, 0.29) is 5.54 Å². The Morgan fingerprint density at radius 3 is 2.55 bits per heavy atom. The Kier molecular flexibility index (Phi) is 1.71. The third-order valence-corrected chi connectivity index (χ3v) is 3.76. The first-order valence-electron chi connectivity index (χ1n) is 3.75. The van der Waals surface area contributed by atoms with Gasteiger partial charge >= 0.3 is 0 Å². The summed E-state index contributed by atoms with van der Waals surface area (Å²) in [6.45, 7) is 0. The second-order valence-electron chi connectivity index (χ2n) is 3.11. The van der Waals surface area contributed by atoms with Crippen molar-refractivity contribution in [2.75, 3.05) is 0 Å². The van der Waals surface area contributed by atoms with Crippen molar-refractivity contribution in [3.63, 3.8) is 0 Å². The molecule has 60 valence electrons. The smallest absolute Gasteiger partial charge is 0.0931 e. The van der Waals surface area contributed by atoms with Gasteiger partial charge in [-0.15, -0.1) is 11.3 Å². The van der Waals surface area contributed by atoms with E-state index in [1.54, 1.807) is 11.3 Å². The molecule has 0 atom stereocenters. The topological polar surface area (TPSA) is 26.0 Å². The zero-order valence-electron chi connectivity index (χ0n) is 6.14. The molecule has 2 rings (SSSR count). The maximum Gasteiger partial charge on any atom is 0.0931 e. The van der Waals surface area contributed by atoms with Crippen LogP contribution < -0.4 is 5.73 Å². The lowest BCUT2D eigenvalue weighted by atomic mass is 9.77. The molecule has 0 bridgehead atoms. The standard InChI is InChI=1S/C8H10ClNS/c9-7-3-2-6(11-7)8(10)4-1-5-8/h2-3H,1,4-5,10H2. The fraction of sp³-hybridized carbons (Fsp3) is 0.500. The van der Waals surface area contributed by atoms with Crippen LogP contribution in [0.1, 0.15) is 24.1 Å². The van der Waals surface area contributed by atoms with E-state index in [2.05, 4.69) is 0 Å². The highest BCUT2D eigenvalue weighted by Crippen LogP contribution is 2.42. The average Bonchev–Trinajstić information content (AvgIpc) is 2.31. The van der Waals surface area contributed by atoms with Crippen molar-refractivity contribution in [2.45, 2.75) is 24.8 Å². The summed E-state index contributed by atoms with van der Waals surface area (Å²) in [5, 5.41) is 0. The minimum Gasteiger partial charge on any atom is -0.321 e. The molecule has 11 heavy (non-hydrogen) atoms. The molecule has 1 fully saturated rings. The molecule has 0 radical (unpaired) electrons. The van der Waals surface area contributed by atoms with Gasteiger partial charge in [0.1, 0.15) is 0 Å². The lowest BCUT2D eigenvalue weighted by molar-refractivity contribution is 0.259. The van der Waals surface area contributed by atoms with Gasteiger partial charge in [0, 0.05) is 4.88 Å². The zero-order valence-corrected chi connectivity index (χ0v) is 7.71. The quantitative estimate of drug-likeness (QED) is 0.719. The van der Waals surface area contributed by atoms with Crippen LogP contribution in [0.5, 0.6) is 0 Å². The molecule has 0 spiro atoms. The van der Waals surface area contributed by atoms with Gasteiger partial charge in [0.15, 0.2) is 0 Å². The van der Waals surface area contributed by atoms with E-state index in [4.69, 9.17) is 17.3 Å². The monoisotopic (exact) mass is 187 g/mol. The van der Waals surface area contributed by atoms with Gasteiger partial charge in [-0.1, -0.05) is 11.6 Å². The van der Waals surface area contributed by atoms with Crippen molar-refractivity contribution < 1.29 is 0 Å². The van der Waals surface area contributed by atoms with Gasteiger partial charge in [-0.2, -0.15) is 0 Å². The molecule has 1 saturated carbocycles. The van der Waals surface area contributed by atoms with Gasteiger partial charge in [-0.3, -0.25) is 0 Å². The molecule has 0 aromatic carbocycles. The lowest BCUT2D eigenvalue weighted by Gasteiger charge is -2.37. The summed E-state index contributed by atoms with van der Waals surface area (Å²) >= 11 is 7.42. The van der Waals surface area contributed by atoms with Gasteiger partial charge in [0.2, 0.25) is 0 Å². The van der Waals surface area contributed by atoms with Crippen molar-refractivity contribution >= 4 is 22.9 Å². The minimum absolute atomic E-state index is 0.0300. The molecular formula is C8H10ClNS. The van der Waals surface area contributed by atoms with Gasteiger partial charge in [-0.25, -0.2) is 0 Å². The first-order chi connectivity index (χ1) is 5.21. The van der Waals surface area contributed by atoms with Crippen molar-refractivity contribution in [2.24, 2.45) is 5.73 Å². The molecule has 3 heteroatoms. The maximum absolute atomic E-state index is 6.09. The highest BCUT2D eigenvalue weighted by atomic mass is 35.5. The molecule has 1 aliphatic rings. The molecule has 1 aromatic heterocycles. The predicted molar refractivity (Wildman–Crippen MR) is 49.0 cm³/mol. The molecule has 1 aliphatic carbocycles. The second-order valence-corrected chi connectivity index (χ2v) is 4.83. The molecular weight excluding hydrogens is 178 g/mol. The van der Waals surface area contributed by atoms with E-state index in [0.717, 1.165) is 17.2 Å². The van der Waals surface area contributed by atoms with Crippen LogP contribution in [0.4, 0.5) is 0 Å². The highest BCUT2D eigenvalue weighted by Gasteiger charge is 2.35. The van der Waals surface area contributed by atoms with Crippen LogP contribution in [0.25, 0.3) is 0 Å². The summed E-state index contributed by atoms with van der Waals surface area (Å²) in [5.74, 6) is 0. The van der Waals surface area contributed by atoms with Crippen molar-refractivity contribution in [1.29, 1.82) is 0 Å². The molecule has 2 N–H and O–H groups in total. The van der Waals surface area contributed by atoms with E-state index >= 15 is 0 Å². The third kappa shape index (κ3) is 1.19. The predicted octanol–water partition coefficient (Wildman–Crippen LogP) is 2.74. The largest absolute Gasteiger partial charge is 0.321 e. The lowest BCUT2D eigenvalue weighted by Crippen LogP contribution is -2.42. The van der Waals surface area contributed by atoms with E-state index in [1.807, 2.05) is 12.1 Å². The fourth-order valence-electron chi connectivity index (χ4n) is 1.39. The summed E-state index contributed by atoms with van der Waals surface area (Å²) < 4.78 is 0.844. The number of thiophene rings is 1. The van der Waals surface area contributed by atoms with Crippen LogP contribution in [0.3, 0.4) is 0 Å². The number of hydrogen-bond donors (Lipinski definition) is 1. The Hall–Kier alpha value is -0.0500. The normalized spacial score (nSPS) is 21.3. The Morgan fingerprint density at radius 2 is 2.18 bits per heavy atom. The molecule has 0 unspecified atom stereocenters. The Labute approximate surface area is 75.2 Å². The highest BCUT2D eigenvalue weighted by molar-refractivity contribution is 7.16. The molecule has 1 aromatic rings. The summed E-state index contributed by atoms with van der Waals surface area (Å²) in [5.41, 5.74) is 6.06. The molecule has 1 nitrogen and oxygen atoms in total. The van der Waals surface area contributed by atoms with Crippen molar-refractivity contribution in [3.8, 4) is 0 Å². The molecule has 1 heterocycles. The Balaban J connectivity index is 2.28. The summed E-state index contributed by atoms with van der Waals surface area (Å²) in [6, 6.07) is 3.97. The van der Waals surface area contributed by atoms with Gasteiger partial charge in [0.05, 0.1) is 9.88 Å². The van der Waals surface area contributed by atoms with Crippen LogP contribution >= 0.6 is 22.9 Å². The Morgan fingerprint density at radius 1 is 1.45 bits per heavy atom. The Bertz CT molecular complexity index is 265. The van der Waals surface area contributed by atoms with Crippen LogP contribution in [-0.4, -0.2) is 0 Å². The minimum atomic E-state index is -0.0300. The van der Waals surface area contributed by atoms with Gasteiger partial charge in [-0.05, 0) is 31.4 Å². The number of halogens is 1. The van der Waals surface area contributed by atoms with Crippen molar-refractivity contribution in [3.05, 3.63) is 21.3 Å². The number of hydrogen-bond acceptors (Lipinski definition) is 2. The summed E-state index contributed by atoms with van der Waals surface area (Å²) in [6.07, 6.45) is 3.49. The summed E-state index contributed by atoms with van der Waals surface area (Å²) in [4.78, 5) is 1.24. The third-order valence-electron chi connectivity index (χ3n) is 2.31. The first kappa shape index (κ1) is 7.59. The fourth-order valence-corrected chi connectivity index (χ4v) is 2.59.